The van der Waals surface area contributed by atoms with Crippen molar-refractivity contribution in [2.75, 3.05) is 63.0 Å². The summed E-state index contributed by atoms with van der Waals surface area (Å²) < 4.78 is 0. The van der Waals surface area contributed by atoms with E-state index in [-0.39, 0.29) is 11.8 Å². The Balaban J connectivity index is 1.23. The van der Waals surface area contributed by atoms with Gasteiger partial charge in [0, 0.05) is 63.6 Å². The number of hydrogen-bond acceptors (Lipinski definition) is 7. The zero-order valence-corrected chi connectivity index (χ0v) is 22.0. The Hall–Kier alpha value is -3.82. The predicted molar refractivity (Wildman–Crippen MR) is 151 cm³/mol. The third-order valence-electron chi connectivity index (χ3n) is 6.52. The summed E-state index contributed by atoms with van der Waals surface area (Å²) in [6.07, 6.45) is 3.90. The van der Waals surface area contributed by atoms with Gasteiger partial charge in [-0.3, -0.25) is 14.5 Å². The third-order valence-corrected chi connectivity index (χ3v) is 6.52. The highest BCUT2D eigenvalue weighted by atomic mass is 16.2. The van der Waals surface area contributed by atoms with Crippen LogP contribution in [0.4, 0.5) is 11.5 Å². The molecule has 0 spiro atoms. The van der Waals surface area contributed by atoms with Crippen LogP contribution >= 0.6 is 0 Å². The summed E-state index contributed by atoms with van der Waals surface area (Å²) in [5, 5.41) is 9.02. The molecule has 0 saturated carbocycles. The summed E-state index contributed by atoms with van der Waals surface area (Å²) in [6.45, 7) is 7.74. The lowest BCUT2D eigenvalue weighted by Crippen LogP contribution is -2.48. The molecule has 2 amide bonds. The highest BCUT2D eigenvalue weighted by Gasteiger charge is 2.19. The maximum Gasteiger partial charge on any atom is 0.239 e. The Labute approximate surface area is 224 Å². The number of aryl methyl sites for hydroxylation is 1. The fourth-order valence-electron chi connectivity index (χ4n) is 4.53. The van der Waals surface area contributed by atoms with Crippen molar-refractivity contribution in [3.05, 3.63) is 72.4 Å². The van der Waals surface area contributed by atoms with Gasteiger partial charge in [-0.1, -0.05) is 42.5 Å². The first kappa shape index (κ1) is 27.2. The van der Waals surface area contributed by atoms with E-state index in [0.717, 1.165) is 56.8 Å². The van der Waals surface area contributed by atoms with Gasteiger partial charge in [-0.15, -0.1) is 0 Å². The Morgan fingerprint density at radius 3 is 2.42 bits per heavy atom. The Morgan fingerprint density at radius 2 is 1.63 bits per heavy atom. The van der Waals surface area contributed by atoms with E-state index in [9.17, 15) is 9.59 Å². The lowest BCUT2D eigenvalue weighted by atomic mass is 10.1. The SMILES string of the molecule is CC(=O)NCCNc1ccccc1-c1nccc(NC(=O)CN2CCN(CCCc3ccccc3)CC2)n1. The topological polar surface area (TPSA) is 102 Å². The fourth-order valence-corrected chi connectivity index (χ4v) is 4.53. The molecule has 1 aliphatic heterocycles. The number of piperazine rings is 1. The van der Waals surface area contributed by atoms with Crippen LogP contribution in [-0.4, -0.2) is 83.9 Å². The summed E-state index contributed by atoms with van der Waals surface area (Å²) in [7, 11) is 0. The standard InChI is InChI=1S/C29H37N7O2/c1-23(37)30-15-16-31-26-12-6-5-11-25(26)29-32-14-13-27(34-29)33-28(38)22-36-20-18-35(19-21-36)17-7-10-24-8-3-2-4-9-24/h2-6,8-9,11-14,31H,7,10,15-22H2,1H3,(H,30,37)(H,32,33,34,38). The molecule has 1 aliphatic rings. The van der Waals surface area contributed by atoms with Gasteiger partial charge in [-0.2, -0.15) is 0 Å². The van der Waals surface area contributed by atoms with Crippen LogP contribution in [0, 0.1) is 0 Å². The second-order valence-electron chi connectivity index (χ2n) is 9.48. The van der Waals surface area contributed by atoms with E-state index in [1.807, 2.05) is 24.3 Å². The van der Waals surface area contributed by atoms with Crippen molar-refractivity contribution in [2.24, 2.45) is 0 Å². The lowest BCUT2D eigenvalue weighted by molar-refractivity contribution is -0.119. The van der Waals surface area contributed by atoms with Gasteiger partial charge in [0.25, 0.3) is 0 Å². The monoisotopic (exact) mass is 515 g/mol. The molecular weight excluding hydrogens is 478 g/mol. The van der Waals surface area contributed by atoms with Gasteiger partial charge < -0.3 is 20.9 Å². The minimum atomic E-state index is -0.0751. The molecule has 200 valence electrons. The second kappa shape index (κ2) is 14.2. The minimum absolute atomic E-state index is 0.0624. The molecule has 9 heteroatoms. The Kier molecular flexibility index (Phi) is 10.2. The number of aromatic nitrogens is 2. The highest BCUT2D eigenvalue weighted by Crippen LogP contribution is 2.25. The number of benzene rings is 2. The zero-order valence-electron chi connectivity index (χ0n) is 22.0. The van der Waals surface area contributed by atoms with Crippen LogP contribution < -0.4 is 16.0 Å². The van der Waals surface area contributed by atoms with E-state index in [2.05, 4.69) is 66.0 Å². The Bertz CT molecular complexity index is 1180. The summed E-state index contributed by atoms with van der Waals surface area (Å²) in [6, 6.07) is 20.0. The van der Waals surface area contributed by atoms with Crippen molar-refractivity contribution in [3.63, 3.8) is 0 Å². The molecule has 2 heterocycles. The van der Waals surface area contributed by atoms with Gasteiger partial charge >= 0.3 is 0 Å². The van der Waals surface area contributed by atoms with E-state index in [0.29, 0.717) is 31.3 Å². The average Bonchev–Trinajstić information content (AvgIpc) is 2.93. The van der Waals surface area contributed by atoms with Gasteiger partial charge in [-0.05, 0) is 43.1 Å². The van der Waals surface area contributed by atoms with Crippen LogP contribution in [0.2, 0.25) is 0 Å². The van der Waals surface area contributed by atoms with E-state index in [1.165, 1.54) is 12.5 Å². The van der Waals surface area contributed by atoms with Crippen LogP contribution in [0.1, 0.15) is 18.9 Å². The first-order valence-corrected chi connectivity index (χ1v) is 13.3. The number of rotatable bonds is 12. The van der Waals surface area contributed by atoms with Crippen LogP contribution in [0.5, 0.6) is 0 Å². The van der Waals surface area contributed by atoms with Gasteiger partial charge in [0.1, 0.15) is 5.82 Å². The molecule has 38 heavy (non-hydrogen) atoms. The number of nitrogens with zero attached hydrogens (tertiary/aromatic N) is 4. The van der Waals surface area contributed by atoms with E-state index in [4.69, 9.17) is 0 Å². The molecule has 4 rings (SSSR count). The van der Waals surface area contributed by atoms with E-state index < -0.39 is 0 Å². The number of carbonyl (C=O) groups is 2. The largest absolute Gasteiger partial charge is 0.383 e. The summed E-state index contributed by atoms with van der Waals surface area (Å²) in [5.41, 5.74) is 3.08. The smallest absolute Gasteiger partial charge is 0.239 e. The van der Waals surface area contributed by atoms with Crippen molar-refractivity contribution in [1.29, 1.82) is 0 Å². The molecule has 0 radical (unpaired) electrons. The molecule has 0 atom stereocenters. The van der Waals surface area contributed by atoms with Crippen LogP contribution in [-0.2, 0) is 16.0 Å². The van der Waals surface area contributed by atoms with Crippen molar-refractivity contribution in [1.82, 2.24) is 25.1 Å². The van der Waals surface area contributed by atoms with Crippen LogP contribution in [0.3, 0.4) is 0 Å². The quantitative estimate of drug-likeness (QED) is 0.319. The number of hydrogen-bond donors (Lipinski definition) is 3. The number of nitrogens with one attached hydrogen (secondary N) is 3. The zero-order chi connectivity index (χ0) is 26.6. The highest BCUT2D eigenvalue weighted by molar-refractivity contribution is 5.91. The number of anilines is 2. The fraction of sp³-hybridized carbons (Fsp3) is 0.379. The normalized spacial score (nSPS) is 14.1. The summed E-state index contributed by atoms with van der Waals surface area (Å²) in [5.74, 6) is 0.864. The Morgan fingerprint density at radius 1 is 0.895 bits per heavy atom. The molecule has 0 bridgehead atoms. The molecule has 3 N–H and O–H groups in total. The van der Waals surface area contributed by atoms with E-state index >= 15 is 0 Å². The molecular formula is C29H37N7O2. The number of amides is 2. The molecule has 0 aliphatic carbocycles. The molecule has 1 aromatic heterocycles. The maximum atomic E-state index is 12.8. The van der Waals surface area contributed by atoms with Crippen LogP contribution in [0.25, 0.3) is 11.4 Å². The lowest BCUT2D eigenvalue weighted by Gasteiger charge is -2.34. The molecule has 1 saturated heterocycles. The van der Waals surface area contributed by atoms with Gasteiger partial charge in [0.2, 0.25) is 11.8 Å². The molecule has 3 aromatic rings. The van der Waals surface area contributed by atoms with Gasteiger partial charge in [-0.25, -0.2) is 9.97 Å². The van der Waals surface area contributed by atoms with E-state index in [1.54, 1.807) is 12.3 Å². The minimum Gasteiger partial charge on any atom is -0.383 e. The average molecular weight is 516 g/mol. The third kappa shape index (κ3) is 8.64. The number of carbonyl (C=O) groups excluding carboxylic acids is 2. The molecule has 0 unspecified atom stereocenters. The maximum absolute atomic E-state index is 12.8. The number of para-hydroxylation sites is 1. The van der Waals surface area contributed by atoms with Gasteiger partial charge in [0.15, 0.2) is 5.82 Å². The molecule has 2 aromatic carbocycles. The second-order valence-corrected chi connectivity index (χ2v) is 9.48. The summed E-state index contributed by atoms with van der Waals surface area (Å²) >= 11 is 0. The van der Waals surface area contributed by atoms with Crippen molar-refractivity contribution in [2.45, 2.75) is 19.8 Å². The van der Waals surface area contributed by atoms with Gasteiger partial charge in [0.05, 0.1) is 6.54 Å². The van der Waals surface area contributed by atoms with Crippen molar-refractivity contribution < 1.29 is 9.59 Å². The molecule has 9 nitrogen and oxygen atoms in total. The first-order chi connectivity index (χ1) is 18.6. The van der Waals surface area contributed by atoms with Crippen molar-refractivity contribution >= 4 is 23.3 Å². The summed E-state index contributed by atoms with van der Waals surface area (Å²) in [4.78, 5) is 37.5. The molecule has 1 fully saturated rings. The van der Waals surface area contributed by atoms with Crippen molar-refractivity contribution in [3.8, 4) is 11.4 Å². The first-order valence-electron chi connectivity index (χ1n) is 13.3. The van der Waals surface area contributed by atoms with Crippen LogP contribution in [0.15, 0.2) is 66.9 Å². The predicted octanol–water partition coefficient (Wildman–Crippen LogP) is 2.88.